The number of hydrogen-bond acceptors (Lipinski definition) is 3. The number of carbonyl (C=O) groups is 2. The summed E-state index contributed by atoms with van der Waals surface area (Å²) in [6, 6.07) is 8.51. The van der Waals surface area contributed by atoms with Crippen LogP contribution in [0.25, 0.3) is 0 Å². The molecular weight excluding hydrogens is 479 g/mol. The van der Waals surface area contributed by atoms with E-state index in [1.807, 2.05) is 24.5 Å². The topological polar surface area (TPSA) is 83.4 Å². The molecule has 0 spiro atoms. The number of amides is 3. The van der Waals surface area contributed by atoms with E-state index in [9.17, 15) is 18.8 Å². The highest BCUT2D eigenvalue weighted by molar-refractivity contribution is 9.10. The van der Waals surface area contributed by atoms with Crippen LogP contribution in [0, 0.1) is 17.7 Å². The van der Waals surface area contributed by atoms with Gasteiger partial charge in [0.1, 0.15) is 11.9 Å². The van der Waals surface area contributed by atoms with E-state index in [1.165, 1.54) is 12.1 Å². The number of aromatic nitrogens is 1. The molecule has 2 bridgehead atoms. The number of likely N-dealkylation sites (tertiary alicyclic amines) is 1. The van der Waals surface area contributed by atoms with Crippen LogP contribution in [0.15, 0.2) is 45.7 Å². The van der Waals surface area contributed by atoms with Gasteiger partial charge in [0.25, 0.3) is 5.56 Å². The molecule has 1 aromatic heterocycles. The molecule has 0 unspecified atom stereocenters. The maximum absolute atomic E-state index is 14.1. The molecule has 2 aliphatic rings. The molecular formula is C23H26BrFN4O3. The van der Waals surface area contributed by atoms with Crippen molar-refractivity contribution in [3.63, 3.8) is 0 Å². The van der Waals surface area contributed by atoms with Gasteiger partial charge < -0.3 is 20.1 Å². The van der Waals surface area contributed by atoms with Crippen molar-refractivity contribution in [3.05, 3.63) is 62.7 Å². The average molecular weight is 505 g/mol. The number of rotatable bonds is 4. The van der Waals surface area contributed by atoms with Crippen molar-refractivity contribution in [2.45, 2.75) is 38.8 Å². The lowest BCUT2D eigenvalue weighted by Gasteiger charge is -2.43. The van der Waals surface area contributed by atoms with Crippen LogP contribution in [0.4, 0.5) is 14.9 Å². The Hall–Kier alpha value is -2.68. The van der Waals surface area contributed by atoms with Crippen LogP contribution in [0.1, 0.15) is 31.9 Å². The monoisotopic (exact) mass is 504 g/mol. The van der Waals surface area contributed by atoms with E-state index in [4.69, 9.17) is 0 Å². The second-order valence-electron chi connectivity index (χ2n) is 8.89. The van der Waals surface area contributed by atoms with E-state index in [2.05, 4.69) is 26.6 Å². The quantitative estimate of drug-likeness (QED) is 0.667. The fraction of sp³-hybridized carbons (Fsp3) is 0.435. The van der Waals surface area contributed by atoms with Gasteiger partial charge in [0.15, 0.2) is 0 Å². The highest BCUT2D eigenvalue weighted by Gasteiger charge is 2.37. The number of piperidine rings is 1. The largest absolute Gasteiger partial charge is 0.326 e. The molecule has 170 valence electrons. The summed E-state index contributed by atoms with van der Waals surface area (Å²) in [5.74, 6) is -0.940. The first-order chi connectivity index (χ1) is 15.2. The Bertz CT molecular complexity index is 1100. The molecule has 0 radical (unpaired) electrons. The van der Waals surface area contributed by atoms with Crippen LogP contribution in [0.3, 0.4) is 0 Å². The van der Waals surface area contributed by atoms with Gasteiger partial charge in [-0.1, -0.05) is 35.8 Å². The molecule has 7 nitrogen and oxygen atoms in total. The lowest BCUT2D eigenvalue weighted by Crippen LogP contribution is -2.56. The van der Waals surface area contributed by atoms with Crippen molar-refractivity contribution in [2.24, 2.45) is 11.8 Å². The number of urea groups is 1. The Kier molecular flexibility index (Phi) is 6.37. The number of nitrogens with one attached hydrogen (secondary N) is 2. The van der Waals surface area contributed by atoms with Gasteiger partial charge in [-0.3, -0.25) is 9.59 Å². The van der Waals surface area contributed by atoms with Gasteiger partial charge in [-0.15, -0.1) is 0 Å². The van der Waals surface area contributed by atoms with Crippen molar-refractivity contribution in [1.82, 2.24) is 14.8 Å². The predicted molar refractivity (Wildman–Crippen MR) is 123 cm³/mol. The van der Waals surface area contributed by atoms with Crippen LogP contribution < -0.4 is 16.2 Å². The smallest absolute Gasteiger partial charge is 0.318 e. The van der Waals surface area contributed by atoms with Crippen molar-refractivity contribution < 1.29 is 14.0 Å². The van der Waals surface area contributed by atoms with E-state index in [1.54, 1.807) is 23.1 Å². The van der Waals surface area contributed by atoms with Gasteiger partial charge in [-0.05, 0) is 42.5 Å². The molecule has 9 heteroatoms. The van der Waals surface area contributed by atoms with Gasteiger partial charge in [-0.25, -0.2) is 9.18 Å². The molecule has 1 fully saturated rings. The lowest BCUT2D eigenvalue weighted by molar-refractivity contribution is -0.118. The van der Waals surface area contributed by atoms with Crippen molar-refractivity contribution in [1.29, 1.82) is 0 Å². The highest BCUT2D eigenvalue weighted by atomic mass is 79.9. The summed E-state index contributed by atoms with van der Waals surface area (Å²) < 4.78 is 16.5. The molecule has 0 aliphatic carbocycles. The molecule has 2 aliphatic heterocycles. The minimum Gasteiger partial charge on any atom is -0.326 e. The Morgan fingerprint density at radius 1 is 1.16 bits per heavy atom. The highest BCUT2D eigenvalue weighted by Crippen LogP contribution is 2.35. The molecule has 3 atom stereocenters. The van der Waals surface area contributed by atoms with E-state index < -0.39 is 17.8 Å². The SMILES string of the molecule is CC(C)[C@H](NC(=O)N1C[C@@H]2C[C@H](C1)c1cccc(=O)n1C2)C(=O)Nc1ccc(Br)cc1F. The van der Waals surface area contributed by atoms with Crippen molar-refractivity contribution in [2.75, 3.05) is 18.4 Å². The van der Waals surface area contributed by atoms with E-state index in [0.717, 1.165) is 12.1 Å². The number of fused-ring (bicyclic) bond motifs is 4. The third kappa shape index (κ3) is 4.57. The first-order valence-electron chi connectivity index (χ1n) is 10.7. The summed E-state index contributed by atoms with van der Waals surface area (Å²) in [6.45, 7) is 5.26. The maximum Gasteiger partial charge on any atom is 0.318 e. The number of halogens is 2. The van der Waals surface area contributed by atoms with E-state index >= 15 is 0 Å². The lowest BCUT2D eigenvalue weighted by atomic mass is 9.83. The summed E-state index contributed by atoms with van der Waals surface area (Å²) in [6.07, 6.45) is 0.935. The fourth-order valence-electron chi connectivity index (χ4n) is 4.62. The number of hydrogen-bond donors (Lipinski definition) is 2. The molecule has 2 N–H and O–H groups in total. The normalized spacial score (nSPS) is 20.5. The molecule has 1 aromatic carbocycles. The summed E-state index contributed by atoms with van der Waals surface area (Å²) in [7, 11) is 0. The molecule has 4 rings (SSSR count). The zero-order valence-electron chi connectivity index (χ0n) is 18.0. The Labute approximate surface area is 194 Å². The number of carbonyl (C=O) groups excluding carboxylic acids is 2. The third-order valence-electron chi connectivity index (χ3n) is 6.18. The second kappa shape index (κ2) is 9.05. The fourth-order valence-corrected chi connectivity index (χ4v) is 4.96. The Morgan fingerprint density at radius 3 is 2.66 bits per heavy atom. The van der Waals surface area contributed by atoms with E-state index in [0.29, 0.717) is 24.1 Å². The summed E-state index contributed by atoms with van der Waals surface area (Å²) >= 11 is 3.19. The predicted octanol–water partition coefficient (Wildman–Crippen LogP) is 3.54. The molecule has 32 heavy (non-hydrogen) atoms. The Balaban J connectivity index is 1.45. The molecule has 1 saturated heterocycles. The van der Waals surface area contributed by atoms with Crippen LogP contribution in [-0.4, -0.2) is 40.5 Å². The minimum atomic E-state index is -0.817. The van der Waals surface area contributed by atoms with Gasteiger partial charge >= 0.3 is 6.03 Å². The molecule has 0 saturated carbocycles. The van der Waals surface area contributed by atoms with E-state index in [-0.39, 0.29) is 35.0 Å². The minimum absolute atomic E-state index is 0.00758. The first-order valence-corrected chi connectivity index (χ1v) is 11.5. The standard InChI is InChI=1S/C23H26BrFN4O3/c1-13(2)21(22(31)26-18-7-6-16(24)9-17(18)25)27-23(32)28-10-14-8-15(12-28)19-4-3-5-20(30)29(19)11-14/h3-7,9,13-15,21H,8,10-12H2,1-2H3,(H,26,31)(H,27,32)/t14-,15+,21-/m0/s1. The zero-order valence-corrected chi connectivity index (χ0v) is 19.6. The summed E-state index contributed by atoms with van der Waals surface area (Å²) in [5.41, 5.74) is 1.01. The third-order valence-corrected chi connectivity index (χ3v) is 6.68. The van der Waals surface area contributed by atoms with Gasteiger partial charge in [0, 0.05) is 41.8 Å². The van der Waals surface area contributed by atoms with Crippen LogP contribution >= 0.6 is 15.9 Å². The van der Waals surface area contributed by atoms with Crippen molar-refractivity contribution >= 4 is 33.6 Å². The van der Waals surface area contributed by atoms with Crippen LogP contribution in [-0.2, 0) is 11.3 Å². The molecule has 3 amide bonds. The molecule has 2 aromatic rings. The van der Waals surface area contributed by atoms with Crippen LogP contribution in [0.5, 0.6) is 0 Å². The molecule has 3 heterocycles. The second-order valence-corrected chi connectivity index (χ2v) is 9.80. The number of pyridine rings is 1. The van der Waals surface area contributed by atoms with Crippen LogP contribution in [0.2, 0.25) is 0 Å². The number of nitrogens with zero attached hydrogens (tertiary/aromatic N) is 2. The van der Waals surface area contributed by atoms with Crippen molar-refractivity contribution in [3.8, 4) is 0 Å². The summed E-state index contributed by atoms with van der Waals surface area (Å²) in [4.78, 5) is 39.8. The first kappa shape index (κ1) is 22.5. The van der Waals surface area contributed by atoms with Gasteiger partial charge in [0.2, 0.25) is 5.91 Å². The maximum atomic E-state index is 14.1. The number of benzene rings is 1. The Morgan fingerprint density at radius 2 is 1.94 bits per heavy atom. The average Bonchev–Trinajstić information content (AvgIpc) is 2.74. The van der Waals surface area contributed by atoms with Gasteiger partial charge in [-0.2, -0.15) is 0 Å². The zero-order chi connectivity index (χ0) is 23.0. The summed E-state index contributed by atoms with van der Waals surface area (Å²) in [5, 5.41) is 5.42. The number of anilines is 1. The van der Waals surface area contributed by atoms with Gasteiger partial charge in [0.05, 0.1) is 5.69 Å².